The molecule has 15 heavy (non-hydrogen) atoms. The van der Waals surface area contributed by atoms with Crippen LogP contribution >= 0.6 is 0 Å². The van der Waals surface area contributed by atoms with Gasteiger partial charge in [0.25, 0.3) is 0 Å². The normalized spacial score (nSPS) is 24.6. The van der Waals surface area contributed by atoms with E-state index in [2.05, 4.69) is 6.07 Å². The summed E-state index contributed by atoms with van der Waals surface area (Å²) in [6.07, 6.45) is 2.21. The molecule has 0 aromatic heterocycles. The first kappa shape index (κ1) is 10.1. The first-order valence-corrected chi connectivity index (χ1v) is 5.04. The van der Waals surface area contributed by atoms with Crippen LogP contribution in [0.1, 0.15) is 18.4 Å². The van der Waals surface area contributed by atoms with Crippen LogP contribution in [0.3, 0.4) is 0 Å². The van der Waals surface area contributed by atoms with Gasteiger partial charge in [-0.3, -0.25) is 4.79 Å². The molecule has 0 unspecified atom stereocenters. The van der Waals surface area contributed by atoms with E-state index in [9.17, 15) is 9.18 Å². The van der Waals surface area contributed by atoms with Gasteiger partial charge in [-0.2, -0.15) is 0 Å². The topological polar surface area (TPSA) is 37.3 Å². The third kappa shape index (κ3) is 2.35. The number of hydrogen-bond donors (Lipinski definition) is 1. The zero-order chi connectivity index (χ0) is 10.8. The smallest absolute Gasteiger partial charge is 0.306 e. The van der Waals surface area contributed by atoms with Gasteiger partial charge in [-0.25, -0.2) is 4.39 Å². The number of hydrogen-bond acceptors (Lipinski definition) is 1. The fourth-order valence-corrected chi connectivity index (χ4v) is 2.05. The van der Waals surface area contributed by atoms with Gasteiger partial charge in [0, 0.05) is 6.07 Å². The summed E-state index contributed by atoms with van der Waals surface area (Å²) in [7, 11) is 0. The fourth-order valence-electron chi connectivity index (χ4n) is 2.05. The van der Waals surface area contributed by atoms with Crippen molar-refractivity contribution in [1.82, 2.24) is 0 Å². The molecule has 0 bridgehead atoms. The van der Waals surface area contributed by atoms with Crippen LogP contribution in [0, 0.1) is 23.7 Å². The van der Waals surface area contributed by atoms with Gasteiger partial charge in [0.15, 0.2) is 0 Å². The highest BCUT2D eigenvalue weighted by atomic mass is 19.1. The summed E-state index contributed by atoms with van der Waals surface area (Å²) in [5, 5.41) is 8.70. The Morgan fingerprint density at radius 3 is 2.93 bits per heavy atom. The lowest BCUT2D eigenvalue weighted by Crippen LogP contribution is -2.31. The van der Waals surface area contributed by atoms with E-state index in [0.29, 0.717) is 5.92 Å². The summed E-state index contributed by atoms with van der Waals surface area (Å²) < 4.78 is 12.8. The maximum absolute atomic E-state index is 12.8. The number of benzene rings is 1. The molecule has 2 rings (SSSR count). The molecule has 1 aliphatic rings. The second-order valence-electron chi connectivity index (χ2n) is 4.12. The number of aliphatic carboxylic acids is 1. The van der Waals surface area contributed by atoms with Gasteiger partial charge in [0.1, 0.15) is 5.82 Å². The molecule has 0 spiro atoms. The van der Waals surface area contributed by atoms with Gasteiger partial charge in [0.05, 0.1) is 5.92 Å². The second kappa shape index (κ2) is 4.01. The monoisotopic (exact) mass is 207 g/mol. The van der Waals surface area contributed by atoms with Crippen LogP contribution in [0.2, 0.25) is 0 Å². The molecule has 2 nitrogen and oxygen atoms in total. The van der Waals surface area contributed by atoms with Gasteiger partial charge in [-0.15, -0.1) is 0 Å². The highest BCUT2D eigenvalue weighted by Gasteiger charge is 2.34. The predicted octanol–water partition coefficient (Wildman–Crippen LogP) is 2.28. The van der Waals surface area contributed by atoms with Crippen molar-refractivity contribution in [3.05, 3.63) is 35.6 Å². The summed E-state index contributed by atoms with van der Waals surface area (Å²) in [4.78, 5) is 10.6. The molecular weight excluding hydrogens is 195 g/mol. The van der Waals surface area contributed by atoms with E-state index in [-0.39, 0.29) is 11.7 Å². The number of carboxylic acid groups (broad SMARTS) is 1. The summed E-state index contributed by atoms with van der Waals surface area (Å²) in [6, 6.07) is 7.31. The van der Waals surface area contributed by atoms with E-state index in [4.69, 9.17) is 5.11 Å². The van der Waals surface area contributed by atoms with Crippen molar-refractivity contribution < 1.29 is 14.3 Å². The Morgan fingerprint density at radius 1 is 1.60 bits per heavy atom. The molecule has 0 heterocycles. The largest absolute Gasteiger partial charge is 0.481 e. The van der Waals surface area contributed by atoms with Gasteiger partial charge >= 0.3 is 5.97 Å². The second-order valence-corrected chi connectivity index (χ2v) is 4.12. The highest BCUT2D eigenvalue weighted by Crippen LogP contribution is 2.36. The van der Waals surface area contributed by atoms with E-state index in [1.807, 2.05) is 6.07 Å². The molecule has 3 heteroatoms. The van der Waals surface area contributed by atoms with E-state index >= 15 is 0 Å². The van der Waals surface area contributed by atoms with E-state index < -0.39 is 5.97 Å². The minimum Gasteiger partial charge on any atom is -0.481 e. The van der Waals surface area contributed by atoms with Crippen LogP contribution in [-0.4, -0.2) is 11.1 Å². The quantitative estimate of drug-likeness (QED) is 0.825. The van der Waals surface area contributed by atoms with Crippen molar-refractivity contribution in [2.45, 2.75) is 19.3 Å². The summed E-state index contributed by atoms with van der Waals surface area (Å²) >= 11 is 0. The third-order valence-electron chi connectivity index (χ3n) is 2.94. The molecule has 0 amide bonds. The van der Waals surface area contributed by atoms with Crippen molar-refractivity contribution in [2.24, 2.45) is 11.8 Å². The van der Waals surface area contributed by atoms with Crippen molar-refractivity contribution in [1.29, 1.82) is 0 Å². The standard InChI is InChI=1S/C12H12FO2/c13-11-3-1-2-8(7-11)4-9-5-10(6-9)12(14)15/h1-2,7,9-10H,4-6H2,(H,14,15)/t9-,10+. The van der Waals surface area contributed by atoms with Crippen molar-refractivity contribution in [3.8, 4) is 0 Å². The molecule has 0 atom stereocenters. The molecule has 0 saturated heterocycles. The van der Waals surface area contributed by atoms with Gasteiger partial charge < -0.3 is 5.11 Å². The van der Waals surface area contributed by atoms with Crippen LogP contribution in [0.5, 0.6) is 0 Å². The number of rotatable bonds is 3. The van der Waals surface area contributed by atoms with Crippen LogP contribution in [0.4, 0.5) is 4.39 Å². The Kier molecular flexibility index (Phi) is 2.71. The lowest BCUT2D eigenvalue weighted by atomic mass is 9.72. The zero-order valence-electron chi connectivity index (χ0n) is 8.24. The Bertz CT molecular complexity index is 370. The van der Waals surface area contributed by atoms with Gasteiger partial charge in [-0.05, 0) is 36.8 Å². The lowest BCUT2D eigenvalue weighted by molar-refractivity contribution is -0.146. The fraction of sp³-hybridized carbons (Fsp3) is 0.417. The number of carboxylic acids is 1. The number of halogens is 1. The molecule has 1 saturated carbocycles. The molecule has 1 aliphatic carbocycles. The average Bonchev–Trinajstić information content (AvgIpc) is 2.10. The summed E-state index contributed by atoms with van der Waals surface area (Å²) in [6.45, 7) is 0. The maximum Gasteiger partial charge on any atom is 0.306 e. The van der Waals surface area contributed by atoms with Crippen molar-refractivity contribution >= 4 is 5.97 Å². The summed E-state index contributed by atoms with van der Waals surface area (Å²) in [5.74, 6) is -0.844. The van der Waals surface area contributed by atoms with E-state index in [0.717, 1.165) is 24.8 Å². The van der Waals surface area contributed by atoms with Crippen molar-refractivity contribution in [2.75, 3.05) is 0 Å². The molecule has 1 radical (unpaired) electrons. The minimum atomic E-state index is -0.709. The van der Waals surface area contributed by atoms with E-state index in [1.54, 1.807) is 6.07 Å². The lowest BCUT2D eigenvalue weighted by Gasteiger charge is -2.32. The van der Waals surface area contributed by atoms with Crippen LogP contribution in [-0.2, 0) is 11.2 Å². The Labute approximate surface area is 87.7 Å². The molecular formula is C12H12FO2. The molecule has 1 aromatic carbocycles. The molecule has 0 aliphatic heterocycles. The predicted molar refractivity (Wildman–Crippen MR) is 52.8 cm³/mol. The van der Waals surface area contributed by atoms with Gasteiger partial charge in [-0.1, -0.05) is 12.1 Å². The molecule has 1 fully saturated rings. The number of carbonyl (C=O) groups is 1. The first-order valence-electron chi connectivity index (χ1n) is 5.04. The zero-order valence-corrected chi connectivity index (χ0v) is 8.24. The minimum absolute atomic E-state index is 0.185. The van der Waals surface area contributed by atoms with Crippen LogP contribution in [0.15, 0.2) is 18.2 Å². The molecule has 1 N–H and O–H groups in total. The molecule has 1 aromatic rings. The highest BCUT2D eigenvalue weighted by molar-refractivity contribution is 5.71. The first-order chi connectivity index (χ1) is 7.15. The van der Waals surface area contributed by atoms with Crippen LogP contribution < -0.4 is 0 Å². The van der Waals surface area contributed by atoms with Crippen molar-refractivity contribution in [3.63, 3.8) is 0 Å². The Morgan fingerprint density at radius 2 is 2.33 bits per heavy atom. The van der Waals surface area contributed by atoms with Gasteiger partial charge in [0.2, 0.25) is 0 Å². The summed E-state index contributed by atoms with van der Waals surface area (Å²) in [5.41, 5.74) is 0.931. The third-order valence-corrected chi connectivity index (χ3v) is 2.94. The molecule has 79 valence electrons. The van der Waals surface area contributed by atoms with Crippen LogP contribution in [0.25, 0.3) is 0 Å². The Balaban J connectivity index is 1.87. The maximum atomic E-state index is 12.8. The average molecular weight is 207 g/mol. The van der Waals surface area contributed by atoms with E-state index in [1.165, 1.54) is 6.07 Å². The Hall–Kier alpha value is -1.38. The SMILES string of the molecule is O=C(O)[C@H]1C[C@@H](Cc2cc[c]c(F)c2)C1.